The number of benzene rings is 1. The summed E-state index contributed by atoms with van der Waals surface area (Å²) in [5.41, 5.74) is 8.04. The van der Waals surface area contributed by atoms with E-state index in [2.05, 4.69) is 74.7 Å². The molecule has 0 aliphatic carbocycles. The van der Waals surface area contributed by atoms with E-state index in [0.717, 1.165) is 13.0 Å². The zero-order valence-electron chi connectivity index (χ0n) is 19.0. The maximum atomic E-state index is 6.94. The van der Waals surface area contributed by atoms with Crippen LogP contribution in [0.15, 0.2) is 36.4 Å². The monoisotopic (exact) mass is 481 g/mol. The fourth-order valence-corrected chi connectivity index (χ4v) is 2.44. The third-order valence-corrected chi connectivity index (χ3v) is 3.51. The van der Waals surface area contributed by atoms with E-state index in [1.54, 1.807) is 20.0 Å². The van der Waals surface area contributed by atoms with Crippen molar-refractivity contribution < 1.29 is 24.4 Å². The predicted molar refractivity (Wildman–Crippen MR) is 136 cm³/mol. The average molecular weight is 482 g/mol. The van der Waals surface area contributed by atoms with Gasteiger partial charge in [0.05, 0.1) is 0 Å². The minimum absolute atomic E-state index is 0. The van der Waals surface area contributed by atoms with Crippen LogP contribution in [0.25, 0.3) is 16.5 Å². The summed E-state index contributed by atoms with van der Waals surface area (Å²) >= 11 is 1.75. The smallest absolute Gasteiger partial charge is 0.358 e. The molecular weight excluding hydrogens is 441 g/mol. The Morgan fingerprint density at radius 2 is 1.57 bits per heavy atom. The SMILES string of the molecule is CC(C)(C)[NH-].Cc1cc2ccccc2[cH-]1.Cl.Cl.[CH2-]CCO[Si](C)(C)C.[CH2]=[Ti].[CH3-]. The van der Waals surface area contributed by atoms with Crippen LogP contribution in [0.5, 0.6) is 0 Å². The van der Waals surface area contributed by atoms with Crippen molar-refractivity contribution in [3.63, 3.8) is 0 Å². The summed E-state index contributed by atoms with van der Waals surface area (Å²) in [5.74, 6) is 0. The number of fused-ring (bicyclic) bond motifs is 1. The number of nitrogens with one attached hydrogen (secondary N) is 1. The van der Waals surface area contributed by atoms with Crippen LogP contribution in [-0.2, 0) is 24.4 Å². The molecule has 0 aliphatic rings. The normalized spacial score (nSPS) is 9.43. The van der Waals surface area contributed by atoms with Gasteiger partial charge in [-0.3, -0.25) is 0 Å². The van der Waals surface area contributed by atoms with Crippen molar-refractivity contribution in [3.05, 3.63) is 62.0 Å². The van der Waals surface area contributed by atoms with Gasteiger partial charge in [0.1, 0.15) is 0 Å². The molecule has 28 heavy (non-hydrogen) atoms. The summed E-state index contributed by atoms with van der Waals surface area (Å²) in [6.07, 6.45) is 0.893. The van der Waals surface area contributed by atoms with Crippen LogP contribution in [0.1, 0.15) is 32.8 Å². The van der Waals surface area contributed by atoms with E-state index >= 15 is 0 Å². The van der Waals surface area contributed by atoms with E-state index in [-0.39, 0.29) is 37.8 Å². The van der Waals surface area contributed by atoms with Gasteiger partial charge in [-0.1, -0.05) is 33.8 Å². The molecule has 0 radical (unpaired) electrons. The molecule has 1 N–H and O–H groups in total. The molecule has 0 fully saturated rings. The molecule has 2 aromatic carbocycles. The van der Waals surface area contributed by atoms with Gasteiger partial charge in [0.2, 0.25) is 0 Å². The van der Waals surface area contributed by atoms with Crippen LogP contribution < -0.4 is 0 Å². The van der Waals surface area contributed by atoms with Crippen LogP contribution in [0.4, 0.5) is 0 Å². The van der Waals surface area contributed by atoms with Gasteiger partial charge in [0.25, 0.3) is 0 Å². The molecular formula is C22H41Cl2NOSiTi-4. The van der Waals surface area contributed by atoms with Crippen LogP contribution in [-0.4, -0.2) is 25.3 Å². The van der Waals surface area contributed by atoms with E-state index < -0.39 is 8.32 Å². The molecule has 0 aromatic heterocycles. The summed E-state index contributed by atoms with van der Waals surface area (Å²) in [6, 6.07) is 12.8. The van der Waals surface area contributed by atoms with Gasteiger partial charge in [-0.05, 0) is 19.6 Å². The molecule has 2 aromatic rings. The summed E-state index contributed by atoms with van der Waals surface area (Å²) in [4.78, 5) is 3.25. The third-order valence-electron chi connectivity index (χ3n) is 2.44. The molecule has 2 rings (SSSR count). The topological polar surface area (TPSA) is 33.0 Å². The zero-order chi connectivity index (χ0) is 20.1. The zero-order valence-corrected chi connectivity index (χ0v) is 23.2. The Balaban J connectivity index is -0.0000000900. The number of rotatable bonds is 3. The molecule has 0 atom stereocenters. The number of hydrogen-bond donors (Lipinski definition) is 0. The first-order valence-corrected chi connectivity index (χ1v) is 13.1. The maximum absolute atomic E-state index is 6.94. The van der Waals surface area contributed by atoms with E-state index in [1.807, 2.05) is 20.8 Å². The van der Waals surface area contributed by atoms with E-state index in [1.165, 1.54) is 16.3 Å². The number of halogens is 2. The van der Waals surface area contributed by atoms with Crippen molar-refractivity contribution in [1.29, 1.82) is 0 Å². The van der Waals surface area contributed by atoms with Gasteiger partial charge < -0.3 is 24.5 Å². The molecule has 0 amide bonds. The Hall–Kier alpha value is 0.131. The molecule has 166 valence electrons. The van der Waals surface area contributed by atoms with Crippen molar-refractivity contribution in [2.24, 2.45) is 0 Å². The maximum Gasteiger partial charge on any atom is -0.358 e. The fourth-order valence-electron chi connectivity index (χ4n) is 1.68. The van der Waals surface area contributed by atoms with E-state index in [4.69, 9.17) is 10.2 Å². The van der Waals surface area contributed by atoms with Gasteiger partial charge >= 0.3 is 24.8 Å². The van der Waals surface area contributed by atoms with Crippen molar-refractivity contribution in [1.82, 2.24) is 0 Å². The summed E-state index contributed by atoms with van der Waals surface area (Å²) in [6.45, 7) is 18.8. The van der Waals surface area contributed by atoms with Crippen LogP contribution >= 0.6 is 24.8 Å². The largest absolute Gasteiger partial charge is 0.358 e. The average Bonchev–Trinajstić information content (AvgIpc) is 2.85. The first-order valence-electron chi connectivity index (χ1n) is 8.58. The quantitative estimate of drug-likeness (QED) is 0.322. The second-order valence-electron chi connectivity index (χ2n) is 7.73. The van der Waals surface area contributed by atoms with Crippen LogP contribution in [0.3, 0.4) is 0 Å². The van der Waals surface area contributed by atoms with Crippen LogP contribution in [0.2, 0.25) is 19.6 Å². The third kappa shape index (κ3) is 28.3. The first-order chi connectivity index (χ1) is 11.4. The summed E-state index contributed by atoms with van der Waals surface area (Å²) in [7, 11) is -1.22. The van der Waals surface area contributed by atoms with Gasteiger partial charge in [-0.2, -0.15) is 12.5 Å². The number of hydrogen-bond acceptors (Lipinski definition) is 1. The molecule has 2 nitrogen and oxygen atoms in total. The Morgan fingerprint density at radius 3 is 1.89 bits per heavy atom. The summed E-state index contributed by atoms with van der Waals surface area (Å²) < 4.78 is 5.45. The molecule has 6 heteroatoms. The second kappa shape index (κ2) is 20.4. The predicted octanol–water partition coefficient (Wildman–Crippen LogP) is 8.03. The number of aryl methyl sites for hydroxylation is 1. The first kappa shape index (κ1) is 38.7. The van der Waals surface area contributed by atoms with Crippen molar-refractivity contribution in [3.8, 4) is 0 Å². The molecule has 0 spiro atoms. The molecule has 0 bridgehead atoms. The van der Waals surface area contributed by atoms with Gasteiger partial charge in [-0.25, -0.2) is 0 Å². The molecule has 0 aliphatic heterocycles. The Labute approximate surface area is 200 Å². The standard InChI is InChI=1S/C10H9.C6H15OSi.C4H10N.CH3.CH2.2ClH.Ti/c1-8-6-9-4-2-3-5-10(9)7-8;1-5-6-7-8(2,3)4;1-4(2,3)5;;;;;/h2-7H,1H3;1,5-6H2,2-4H3;5H,1-3H3;1H3;1H2;2*1H;/q4*-1;;;;. The molecule has 0 saturated carbocycles. The van der Waals surface area contributed by atoms with E-state index in [9.17, 15) is 0 Å². The fraction of sp³-hybridized carbons (Fsp3) is 0.455. The minimum atomic E-state index is -1.22. The van der Waals surface area contributed by atoms with Crippen molar-refractivity contribution in [2.45, 2.75) is 59.3 Å². The Bertz CT molecular complexity index is 539. The Kier molecular flexibility index (Phi) is 28.2. The van der Waals surface area contributed by atoms with Gasteiger partial charge in [-0.15, -0.1) is 71.0 Å². The van der Waals surface area contributed by atoms with Crippen LogP contribution in [0, 0.1) is 21.3 Å². The minimum Gasteiger partial charge on any atom is -0.358 e. The summed E-state index contributed by atoms with van der Waals surface area (Å²) in [5, 5.41) is 2.69. The Morgan fingerprint density at radius 1 is 1.14 bits per heavy atom. The van der Waals surface area contributed by atoms with Gasteiger partial charge in [0.15, 0.2) is 8.32 Å². The molecule has 0 unspecified atom stereocenters. The molecule has 0 saturated heterocycles. The second-order valence-corrected chi connectivity index (χ2v) is 12.2. The van der Waals surface area contributed by atoms with Gasteiger partial charge in [0, 0.05) is 6.61 Å². The van der Waals surface area contributed by atoms with Crippen molar-refractivity contribution in [2.75, 3.05) is 6.61 Å². The van der Waals surface area contributed by atoms with Crippen molar-refractivity contribution >= 4 is 48.7 Å². The molecule has 0 heterocycles. The van der Waals surface area contributed by atoms with E-state index in [0.29, 0.717) is 0 Å².